The molecule has 1 atom stereocenters. The Kier molecular flexibility index (Phi) is 5.91. The van der Waals surface area contributed by atoms with Crippen LogP contribution in [0.15, 0.2) is 24.3 Å². The smallest absolute Gasteiger partial charge is 0.321 e. The predicted molar refractivity (Wildman–Crippen MR) is 96.5 cm³/mol. The molecule has 1 saturated heterocycles. The lowest BCUT2D eigenvalue weighted by atomic mass is 9.76. The molecule has 1 aliphatic carbocycles. The van der Waals surface area contributed by atoms with E-state index in [9.17, 15) is 9.59 Å². The second-order valence-electron chi connectivity index (χ2n) is 6.95. The van der Waals surface area contributed by atoms with Crippen molar-refractivity contribution in [3.63, 3.8) is 0 Å². The van der Waals surface area contributed by atoms with Gasteiger partial charge in [0.2, 0.25) is 5.91 Å². The molecule has 2 aliphatic rings. The van der Waals surface area contributed by atoms with E-state index in [0.29, 0.717) is 31.4 Å². The zero-order chi connectivity index (χ0) is 17.6. The summed E-state index contributed by atoms with van der Waals surface area (Å²) in [6, 6.07) is 7.34. The normalized spacial score (nSPS) is 21.2. The van der Waals surface area contributed by atoms with Crippen molar-refractivity contribution >= 4 is 17.6 Å². The molecule has 2 fully saturated rings. The Morgan fingerprint density at radius 2 is 1.96 bits per heavy atom. The molecule has 0 bridgehead atoms. The molecule has 0 radical (unpaired) electrons. The summed E-state index contributed by atoms with van der Waals surface area (Å²) < 4.78 is 5.70. The molecule has 2 N–H and O–H groups in total. The number of likely N-dealkylation sites (N-methyl/N-ethyl adjacent to an activating group) is 1. The Morgan fingerprint density at radius 3 is 2.60 bits per heavy atom. The van der Waals surface area contributed by atoms with E-state index in [4.69, 9.17) is 4.74 Å². The van der Waals surface area contributed by atoms with Gasteiger partial charge < -0.3 is 20.3 Å². The van der Waals surface area contributed by atoms with Gasteiger partial charge in [0.05, 0.1) is 19.6 Å². The fourth-order valence-electron chi connectivity index (χ4n) is 3.40. The summed E-state index contributed by atoms with van der Waals surface area (Å²) in [6.07, 6.45) is 4.17. The first-order chi connectivity index (χ1) is 12.2. The number of carbonyl (C=O) groups excluding carboxylic acids is 2. The van der Waals surface area contributed by atoms with E-state index < -0.39 is 0 Å². The Morgan fingerprint density at radius 1 is 1.20 bits per heavy atom. The van der Waals surface area contributed by atoms with E-state index in [1.54, 1.807) is 7.05 Å². The molecule has 1 saturated carbocycles. The van der Waals surface area contributed by atoms with Crippen LogP contribution in [0.25, 0.3) is 0 Å². The average Bonchev–Trinajstić information content (AvgIpc) is 2.81. The third-order valence-electron chi connectivity index (χ3n) is 5.24. The number of urea groups is 1. The standard InChI is InChI=1S/C19H27N3O3/c1-20-18(23)11-14-5-7-17(8-6-14)21-19(24)22-9-10-25-13-16(12-22)15-3-2-4-15/h5-8,15-16H,2-4,9-13H2,1H3,(H,20,23)(H,21,24). The highest BCUT2D eigenvalue weighted by molar-refractivity contribution is 5.89. The van der Waals surface area contributed by atoms with E-state index >= 15 is 0 Å². The van der Waals surface area contributed by atoms with E-state index in [1.165, 1.54) is 19.3 Å². The van der Waals surface area contributed by atoms with Gasteiger partial charge in [-0.1, -0.05) is 31.4 Å². The summed E-state index contributed by atoms with van der Waals surface area (Å²) in [5.41, 5.74) is 1.67. The van der Waals surface area contributed by atoms with Crippen molar-refractivity contribution in [3.05, 3.63) is 29.8 Å². The summed E-state index contributed by atoms with van der Waals surface area (Å²) in [4.78, 5) is 25.9. The molecule has 1 aromatic carbocycles. The third-order valence-corrected chi connectivity index (χ3v) is 5.24. The van der Waals surface area contributed by atoms with Crippen molar-refractivity contribution < 1.29 is 14.3 Å². The van der Waals surface area contributed by atoms with Gasteiger partial charge in [0.1, 0.15) is 0 Å². The molecule has 1 unspecified atom stereocenters. The quantitative estimate of drug-likeness (QED) is 0.879. The van der Waals surface area contributed by atoms with Crippen LogP contribution >= 0.6 is 0 Å². The van der Waals surface area contributed by atoms with E-state index in [1.807, 2.05) is 29.2 Å². The van der Waals surface area contributed by atoms with Crippen LogP contribution in [0.3, 0.4) is 0 Å². The number of benzene rings is 1. The fourth-order valence-corrected chi connectivity index (χ4v) is 3.40. The van der Waals surface area contributed by atoms with Crippen molar-refractivity contribution in [1.82, 2.24) is 10.2 Å². The average molecular weight is 345 g/mol. The first-order valence-corrected chi connectivity index (χ1v) is 9.09. The number of hydrogen-bond donors (Lipinski definition) is 2. The molecular formula is C19H27N3O3. The minimum absolute atomic E-state index is 0.0246. The number of ether oxygens (including phenoxy) is 1. The molecule has 1 aliphatic heterocycles. The van der Waals surface area contributed by atoms with Crippen LogP contribution < -0.4 is 10.6 Å². The molecule has 0 aromatic heterocycles. The number of hydrogen-bond acceptors (Lipinski definition) is 3. The van der Waals surface area contributed by atoms with E-state index in [-0.39, 0.29) is 11.9 Å². The number of rotatable bonds is 4. The lowest BCUT2D eigenvalue weighted by molar-refractivity contribution is -0.119. The van der Waals surface area contributed by atoms with Crippen LogP contribution in [0, 0.1) is 11.8 Å². The zero-order valence-electron chi connectivity index (χ0n) is 14.8. The maximum Gasteiger partial charge on any atom is 0.321 e. The van der Waals surface area contributed by atoms with Crippen molar-refractivity contribution in [2.75, 3.05) is 38.7 Å². The Balaban J connectivity index is 1.56. The third kappa shape index (κ3) is 4.72. The Hall–Kier alpha value is -2.08. The highest BCUT2D eigenvalue weighted by Crippen LogP contribution is 2.34. The summed E-state index contributed by atoms with van der Waals surface area (Å²) >= 11 is 0. The lowest BCUT2D eigenvalue weighted by Gasteiger charge is -2.34. The fraction of sp³-hybridized carbons (Fsp3) is 0.579. The minimum Gasteiger partial charge on any atom is -0.379 e. The number of amides is 3. The highest BCUT2D eigenvalue weighted by Gasteiger charge is 2.31. The number of nitrogens with zero attached hydrogens (tertiary/aromatic N) is 1. The molecule has 25 heavy (non-hydrogen) atoms. The van der Waals surface area contributed by atoms with Gasteiger partial charge in [-0.3, -0.25) is 4.79 Å². The molecule has 1 aromatic rings. The lowest BCUT2D eigenvalue weighted by Crippen LogP contribution is -2.41. The molecule has 3 rings (SSSR count). The highest BCUT2D eigenvalue weighted by atomic mass is 16.5. The molecule has 136 valence electrons. The monoisotopic (exact) mass is 345 g/mol. The number of carbonyl (C=O) groups is 2. The second-order valence-corrected chi connectivity index (χ2v) is 6.95. The Labute approximate surface area is 148 Å². The molecular weight excluding hydrogens is 318 g/mol. The van der Waals surface area contributed by atoms with Crippen LogP contribution in [-0.2, 0) is 16.0 Å². The number of nitrogens with one attached hydrogen (secondary N) is 2. The van der Waals surface area contributed by atoms with Gasteiger partial charge in [0.25, 0.3) is 0 Å². The molecule has 3 amide bonds. The van der Waals surface area contributed by atoms with Crippen LogP contribution in [0.1, 0.15) is 24.8 Å². The number of anilines is 1. The van der Waals surface area contributed by atoms with Crippen molar-refractivity contribution in [2.24, 2.45) is 11.8 Å². The van der Waals surface area contributed by atoms with Crippen LogP contribution in [0.4, 0.5) is 10.5 Å². The van der Waals surface area contributed by atoms with Crippen LogP contribution in [0.2, 0.25) is 0 Å². The van der Waals surface area contributed by atoms with Crippen molar-refractivity contribution in [1.29, 1.82) is 0 Å². The van der Waals surface area contributed by atoms with Gasteiger partial charge in [0.15, 0.2) is 0 Å². The van der Waals surface area contributed by atoms with Gasteiger partial charge in [-0.05, 0) is 23.6 Å². The van der Waals surface area contributed by atoms with Gasteiger partial charge in [0, 0.05) is 31.7 Å². The van der Waals surface area contributed by atoms with Gasteiger partial charge in [-0.15, -0.1) is 0 Å². The molecule has 6 nitrogen and oxygen atoms in total. The van der Waals surface area contributed by atoms with Crippen molar-refractivity contribution in [3.8, 4) is 0 Å². The minimum atomic E-state index is -0.0751. The van der Waals surface area contributed by atoms with Gasteiger partial charge in [-0.2, -0.15) is 0 Å². The largest absolute Gasteiger partial charge is 0.379 e. The first kappa shape index (κ1) is 17.7. The zero-order valence-corrected chi connectivity index (χ0v) is 14.8. The summed E-state index contributed by atoms with van der Waals surface area (Å²) in [5.74, 6) is 1.14. The van der Waals surface area contributed by atoms with Crippen LogP contribution in [-0.4, -0.2) is 50.2 Å². The van der Waals surface area contributed by atoms with Gasteiger partial charge in [-0.25, -0.2) is 4.79 Å². The van der Waals surface area contributed by atoms with Crippen molar-refractivity contribution in [2.45, 2.75) is 25.7 Å². The second kappa shape index (κ2) is 8.34. The van der Waals surface area contributed by atoms with E-state index in [0.717, 1.165) is 24.4 Å². The predicted octanol–water partition coefficient (Wildman–Crippen LogP) is 2.26. The maximum atomic E-state index is 12.6. The molecule has 0 spiro atoms. The van der Waals surface area contributed by atoms with E-state index in [2.05, 4.69) is 10.6 Å². The molecule has 6 heteroatoms. The first-order valence-electron chi connectivity index (χ1n) is 9.09. The van der Waals surface area contributed by atoms with Crippen LogP contribution in [0.5, 0.6) is 0 Å². The summed E-state index contributed by atoms with van der Waals surface area (Å²) in [6.45, 7) is 2.76. The SMILES string of the molecule is CNC(=O)Cc1ccc(NC(=O)N2CCOCC(C3CCC3)C2)cc1. The maximum absolute atomic E-state index is 12.6. The molecule has 1 heterocycles. The Bertz CT molecular complexity index is 598. The summed E-state index contributed by atoms with van der Waals surface area (Å²) in [7, 11) is 1.62. The van der Waals surface area contributed by atoms with Gasteiger partial charge >= 0.3 is 6.03 Å². The summed E-state index contributed by atoms with van der Waals surface area (Å²) in [5, 5.41) is 5.57. The topological polar surface area (TPSA) is 70.7 Å².